The van der Waals surface area contributed by atoms with Crippen LogP contribution in [0.3, 0.4) is 0 Å². The number of hydrogen-bond donors (Lipinski definition) is 2. The van der Waals surface area contributed by atoms with E-state index in [4.69, 9.17) is 10.5 Å². The summed E-state index contributed by atoms with van der Waals surface area (Å²) in [4.78, 5) is 28.3. The molecule has 9 nitrogen and oxygen atoms in total. The monoisotopic (exact) mass is 458 g/mol. The molecular weight excluding hydrogens is 440 g/mol. The van der Waals surface area contributed by atoms with Crippen molar-refractivity contribution in [3.05, 3.63) is 52.4 Å². The van der Waals surface area contributed by atoms with Gasteiger partial charge in [-0.05, 0) is 65.9 Å². The van der Waals surface area contributed by atoms with Crippen molar-refractivity contribution in [2.45, 2.75) is 37.8 Å². The number of fused-ring (bicyclic) bond motifs is 1. The van der Waals surface area contributed by atoms with Crippen molar-refractivity contribution in [2.75, 3.05) is 0 Å². The van der Waals surface area contributed by atoms with Crippen molar-refractivity contribution in [3.63, 3.8) is 0 Å². The normalized spacial score (nSPS) is 19.1. The molecule has 3 aromatic heterocycles. The lowest BCUT2D eigenvalue weighted by molar-refractivity contribution is 0.0878. The first-order valence-electron chi connectivity index (χ1n) is 9.24. The van der Waals surface area contributed by atoms with Crippen molar-refractivity contribution in [1.82, 2.24) is 25.1 Å². The molecule has 0 radical (unpaired) electrons. The van der Waals surface area contributed by atoms with Gasteiger partial charge in [-0.25, -0.2) is 9.50 Å². The number of pyridine rings is 2. The molecule has 1 aliphatic rings. The molecule has 1 fully saturated rings. The first-order chi connectivity index (χ1) is 14.0. The van der Waals surface area contributed by atoms with Crippen LogP contribution in [0.5, 0.6) is 5.88 Å². The predicted octanol–water partition coefficient (Wildman–Crippen LogP) is 2.11. The van der Waals surface area contributed by atoms with Gasteiger partial charge in [0.2, 0.25) is 5.88 Å². The number of nitrogens with zero attached hydrogens (tertiary/aromatic N) is 4. The van der Waals surface area contributed by atoms with Crippen LogP contribution in [-0.2, 0) is 0 Å². The van der Waals surface area contributed by atoms with Gasteiger partial charge >= 0.3 is 0 Å². The number of amides is 2. The Morgan fingerprint density at radius 1 is 1.21 bits per heavy atom. The van der Waals surface area contributed by atoms with Gasteiger partial charge in [0.25, 0.3) is 11.8 Å². The SMILES string of the molecule is NC(=O)c1cccnc1O[C@H]1CC[C@H](NC(=O)c2nnn3cc(Br)ccc23)CC1. The number of carbonyl (C=O) groups is 2. The van der Waals surface area contributed by atoms with Crippen LogP contribution in [0.15, 0.2) is 41.1 Å². The Morgan fingerprint density at radius 2 is 2.00 bits per heavy atom. The van der Waals surface area contributed by atoms with Crippen LogP contribution in [0, 0.1) is 0 Å². The number of hydrogen-bond acceptors (Lipinski definition) is 6. The van der Waals surface area contributed by atoms with Gasteiger partial charge in [0.1, 0.15) is 11.7 Å². The molecule has 29 heavy (non-hydrogen) atoms. The third-order valence-corrected chi connectivity index (χ3v) is 5.39. The molecule has 0 saturated heterocycles. The van der Waals surface area contributed by atoms with Crippen LogP contribution in [0.1, 0.15) is 46.5 Å². The Hall–Kier alpha value is -3.01. The molecule has 1 saturated carbocycles. The number of aromatic nitrogens is 4. The highest BCUT2D eigenvalue weighted by atomic mass is 79.9. The van der Waals surface area contributed by atoms with Gasteiger partial charge in [-0.15, -0.1) is 5.10 Å². The molecule has 0 spiro atoms. The molecule has 2 amide bonds. The van der Waals surface area contributed by atoms with Crippen LogP contribution >= 0.6 is 15.9 Å². The second-order valence-corrected chi connectivity index (χ2v) is 7.82. The largest absolute Gasteiger partial charge is 0.474 e. The van der Waals surface area contributed by atoms with Crippen LogP contribution in [0.2, 0.25) is 0 Å². The van der Waals surface area contributed by atoms with E-state index in [9.17, 15) is 9.59 Å². The zero-order chi connectivity index (χ0) is 20.4. The van der Waals surface area contributed by atoms with Gasteiger partial charge < -0.3 is 15.8 Å². The minimum atomic E-state index is -0.568. The van der Waals surface area contributed by atoms with Gasteiger partial charge in [0.05, 0.1) is 5.52 Å². The lowest BCUT2D eigenvalue weighted by Gasteiger charge is -2.29. The standard InChI is InChI=1S/C19H19BrN6O3/c20-11-3-8-15-16(24-25-26(15)10-11)18(28)23-12-4-6-13(7-5-12)29-19-14(17(21)27)2-1-9-22-19/h1-3,8-10,12-13H,4-7H2,(H2,21,27)(H,23,28)/t12-,13-. The average molecular weight is 459 g/mol. The van der Waals surface area contributed by atoms with Crippen molar-refractivity contribution in [2.24, 2.45) is 5.73 Å². The van der Waals surface area contributed by atoms with Crippen molar-refractivity contribution in [1.29, 1.82) is 0 Å². The third kappa shape index (κ3) is 4.21. The number of nitrogens with one attached hydrogen (secondary N) is 1. The second-order valence-electron chi connectivity index (χ2n) is 6.90. The number of nitrogens with two attached hydrogens (primary N) is 1. The topological polar surface area (TPSA) is 124 Å². The van der Waals surface area contributed by atoms with Crippen LogP contribution in [0.25, 0.3) is 5.52 Å². The predicted molar refractivity (Wildman–Crippen MR) is 108 cm³/mol. The maximum Gasteiger partial charge on any atom is 0.274 e. The van der Waals surface area contributed by atoms with Crippen LogP contribution in [0.4, 0.5) is 0 Å². The van der Waals surface area contributed by atoms with E-state index >= 15 is 0 Å². The van der Waals surface area contributed by atoms with Gasteiger partial charge in [-0.1, -0.05) is 5.21 Å². The number of rotatable bonds is 5. The first-order valence-corrected chi connectivity index (χ1v) is 10.0. The summed E-state index contributed by atoms with van der Waals surface area (Å²) in [5.41, 5.74) is 6.59. The Labute approximate surface area is 174 Å². The fourth-order valence-electron chi connectivity index (χ4n) is 3.44. The van der Waals surface area contributed by atoms with Gasteiger partial charge in [0, 0.05) is 22.9 Å². The Kier molecular flexibility index (Phi) is 5.43. The summed E-state index contributed by atoms with van der Waals surface area (Å²) >= 11 is 3.37. The molecule has 0 unspecified atom stereocenters. The fourth-order valence-corrected chi connectivity index (χ4v) is 3.77. The number of ether oxygens (including phenoxy) is 1. The summed E-state index contributed by atoms with van der Waals surface area (Å²) in [6.45, 7) is 0. The van der Waals surface area contributed by atoms with Crippen LogP contribution < -0.4 is 15.8 Å². The van der Waals surface area contributed by atoms with Crippen molar-refractivity contribution >= 4 is 33.3 Å². The molecule has 3 heterocycles. The van der Waals surface area contributed by atoms with E-state index in [1.165, 1.54) is 0 Å². The molecule has 3 aromatic rings. The van der Waals surface area contributed by atoms with E-state index in [0.717, 1.165) is 30.2 Å². The molecule has 0 aromatic carbocycles. The molecule has 10 heteroatoms. The zero-order valence-electron chi connectivity index (χ0n) is 15.4. The fraction of sp³-hybridized carbons (Fsp3) is 0.316. The quantitative estimate of drug-likeness (QED) is 0.602. The Balaban J connectivity index is 1.35. The summed E-state index contributed by atoms with van der Waals surface area (Å²) in [6.07, 6.45) is 6.20. The average Bonchev–Trinajstić information content (AvgIpc) is 3.13. The lowest BCUT2D eigenvalue weighted by Crippen LogP contribution is -2.40. The second kappa shape index (κ2) is 8.16. The van der Waals surface area contributed by atoms with E-state index in [1.54, 1.807) is 35.1 Å². The van der Waals surface area contributed by atoms with E-state index in [1.807, 2.05) is 6.07 Å². The highest BCUT2D eigenvalue weighted by molar-refractivity contribution is 9.10. The van der Waals surface area contributed by atoms with E-state index in [2.05, 4.69) is 36.5 Å². The Morgan fingerprint density at radius 3 is 2.76 bits per heavy atom. The maximum atomic E-state index is 12.6. The smallest absolute Gasteiger partial charge is 0.274 e. The molecule has 4 rings (SSSR count). The van der Waals surface area contributed by atoms with Crippen molar-refractivity contribution < 1.29 is 14.3 Å². The zero-order valence-corrected chi connectivity index (χ0v) is 17.0. The Bertz CT molecular complexity index is 1060. The minimum absolute atomic E-state index is 0.0221. The highest BCUT2D eigenvalue weighted by Crippen LogP contribution is 2.25. The summed E-state index contributed by atoms with van der Waals surface area (Å²) in [7, 11) is 0. The highest BCUT2D eigenvalue weighted by Gasteiger charge is 2.26. The molecular formula is C19H19BrN6O3. The number of primary amides is 1. The maximum absolute atomic E-state index is 12.6. The molecule has 0 aliphatic heterocycles. The molecule has 0 atom stereocenters. The molecule has 150 valence electrons. The molecule has 1 aliphatic carbocycles. The summed E-state index contributed by atoms with van der Waals surface area (Å²) < 4.78 is 8.30. The van der Waals surface area contributed by atoms with Crippen LogP contribution in [-0.4, -0.2) is 43.8 Å². The lowest BCUT2D eigenvalue weighted by atomic mass is 9.93. The van der Waals surface area contributed by atoms with Crippen molar-refractivity contribution in [3.8, 4) is 5.88 Å². The van der Waals surface area contributed by atoms with E-state index in [-0.39, 0.29) is 29.5 Å². The summed E-state index contributed by atoms with van der Waals surface area (Å²) in [5.74, 6) is -0.552. The molecule has 3 N–H and O–H groups in total. The number of carbonyl (C=O) groups excluding carboxylic acids is 2. The van der Waals surface area contributed by atoms with E-state index < -0.39 is 5.91 Å². The number of halogens is 1. The summed E-state index contributed by atoms with van der Waals surface area (Å²) in [6, 6.07) is 6.90. The van der Waals surface area contributed by atoms with Gasteiger partial charge in [0.15, 0.2) is 5.69 Å². The summed E-state index contributed by atoms with van der Waals surface area (Å²) in [5, 5.41) is 11.0. The van der Waals surface area contributed by atoms with Gasteiger partial charge in [-0.2, -0.15) is 0 Å². The minimum Gasteiger partial charge on any atom is -0.474 e. The van der Waals surface area contributed by atoms with Gasteiger partial charge in [-0.3, -0.25) is 9.59 Å². The first kappa shape index (κ1) is 19.3. The third-order valence-electron chi connectivity index (χ3n) is 4.92. The van der Waals surface area contributed by atoms with E-state index in [0.29, 0.717) is 11.2 Å². The molecule has 0 bridgehead atoms.